The van der Waals surface area contributed by atoms with E-state index in [-0.39, 0.29) is 11.6 Å². The van der Waals surface area contributed by atoms with E-state index in [1.54, 1.807) is 30.6 Å². The number of nitriles is 1. The summed E-state index contributed by atoms with van der Waals surface area (Å²) in [4.78, 5) is 16.0. The molecule has 2 heterocycles. The average Bonchev–Trinajstić information content (AvgIpc) is 2.98. The van der Waals surface area contributed by atoms with Crippen molar-refractivity contribution in [2.45, 2.75) is 13.0 Å². The van der Waals surface area contributed by atoms with Gasteiger partial charge in [-0.15, -0.1) is 0 Å². The van der Waals surface area contributed by atoms with Crippen LogP contribution in [0.4, 0.5) is 0 Å². The van der Waals surface area contributed by atoms with Crippen LogP contribution >= 0.6 is 0 Å². The van der Waals surface area contributed by atoms with Gasteiger partial charge < -0.3 is 9.73 Å². The first-order valence-corrected chi connectivity index (χ1v) is 6.07. The van der Waals surface area contributed by atoms with E-state index in [2.05, 4.69) is 10.3 Å². The van der Waals surface area contributed by atoms with Gasteiger partial charge in [0.1, 0.15) is 17.4 Å². The Kier molecular flexibility index (Phi) is 4.30. The van der Waals surface area contributed by atoms with E-state index < -0.39 is 5.91 Å². The highest BCUT2D eigenvalue weighted by atomic mass is 16.3. The Morgan fingerprint density at radius 1 is 1.50 bits per heavy atom. The summed E-state index contributed by atoms with van der Waals surface area (Å²) in [6, 6.07) is 8.66. The molecule has 0 aromatic carbocycles. The van der Waals surface area contributed by atoms with Crippen molar-refractivity contribution in [3.8, 4) is 6.07 Å². The van der Waals surface area contributed by atoms with Crippen LogP contribution in [0.25, 0.3) is 6.08 Å². The third kappa shape index (κ3) is 3.33. The van der Waals surface area contributed by atoms with Crippen molar-refractivity contribution in [2.75, 3.05) is 0 Å². The lowest BCUT2D eigenvalue weighted by Gasteiger charge is -2.13. The SMILES string of the molecule is C[C@@H](NC(=O)/C(C#N)=C\c1ccco1)c1cccnc1. The van der Waals surface area contributed by atoms with Gasteiger partial charge in [-0.05, 0) is 30.7 Å². The van der Waals surface area contributed by atoms with Crippen LogP contribution in [-0.4, -0.2) is 10.9 Å². The van der Waals surface area contributed by atoms with Crippen LogP contribution in [0, 0.1) is 11.3 Å². The fourth-order valence-electron chi connectivity index (χ4n) is 1.65. The Bertz CT molecular complexity index is 640. The molecule has 0 aliphatic heterocycles. The topological polar surface area (TPSA) is 78.9 Å². The molecule has 0 saturated heterocycles. The van der Waals surface area contributed by atoms with Gasteiger partial charge >= 0.3 is 0 Å². The summed E-state index contributed by atoms with van der Waals surface area (Å²) >= 11 is 0. The Morgan fingerprint density at radius 2 is 2.35 bits per heavy atom. The minimum absolute atomic E-state index is 0.00399. The van der Waals surface area contributed by atoms with Gasteiger partial charge in [-0.3, -0.25) is 9.78 Å². The lowest BCUT2D eigenvalue weighted by atomic mass is 10.1. The van der Waals surface area contributed by atoms with Crippen molar-refractivity contribution >= 4 is 12.0 Å². The number of furan rings is 1. The van der Waals surface area contributed by atoms with Crippen LogP contribution < -0.4 is 5.32 Å². The summed E-state index contributed by atoms with van der Waals surface area (Å²) in [7, 11) is 0. The molecule has 0 saturated carbocycles. The molecule has 1 N–H and O–H groups in total. The third-order valence-corrected chi connectivity index (χ3v) is 2.73. The van der Waals surface area contributed by atoms with Crippen molar-refractivity contribution in [1.29, 1.82) is 5.26 Å². The van der Waals surface area contributed by atoms with E-state index >= 15 is 0 Å². The number of pyridine rings is 1. The zero-order valence-corrected chi connectivity index (χ0v) is 10.9. The van der Waals surface area contributed by atoms with Crippen LogP contribution in [0.2, 0.25) is 0 Å². The fourth-order valence-corrected chi connectivity index (χ4v) is 1.65. The number of nitrogens with zero attached hydrogens (tertiary/aromatic N) is 2. The maximum Gasteiger partial charge on any atom is 0.262 e. The van der Waals surface area contributed by atoms with Crippen LogP contribution in [0.3, 0.4) is 0 Å². The largest absolute Gasteiger partial charge is 0.465 e. The smallest absolute Gasteiger partial charge is 0.262 e. The summed E-state index contributed by atoms with van der Waals surface area (Å²) in [5, 5.41) is 11.8. The van der Waals surface area contributed by atoms with Gasteiger partial charge in [0.25, 0.3) is 5.91 Å². The van der Waals surface area contributed by atoms with E-state index in [0.717, 1.165) is 5.56 Å². The van der Waals surface area contributed by atoms with Gasteiger partial charge in [-0.1, -0.05) is 6.07 Å². The normalized spacial score (nSPS) is 12.5. The maximum atomic E-state index is 12.0. The first-order valence-electron chi connectivity index (χ1n) is 6.07. The molecule has 2 rings (SSSR count). The highest BCUT2D eigenvalue weighted by molar-refractivity contribution is 6.01. The lowest BCUT2D eigenvalue weighted by molar-refractivity contribution is -0.117. The van der Waals surface area contributed by atoms with Crippen LogP contribution in [0.5, 0.6) is 0 Å². The fraction of sp³-hybridized carbons (Fsp3) is 0.133. The molecule has 0 aliphatic rings. The number of nitrogens with one attached hydrogen (secondary N) is 1. The lowest BCUT2D eigenvalue weighted by Crippen LogP contribution is -2.27. The predicted octanol–water partition coefficient (Wildman–Crippen LogP) is 2.46. The molecule has 0 radical (unpaired) electrons. The van der Waals surface area contributed by atoms with Gasteiger partial charge in [0.2, 0.25) is 0 Å². The summed E-state index contributed by atoms with van der Waals surface area (Å²) in [6.45, 7) is 1.83. The highest BCUT2D eigenvalue weighted by Gasteiger charge is 2.14. The van der Waals surface area contributed by atoms with Crippen LogP contribution in [-0.2, 0) is 4.79 Å². The minimum Gasteiger partial charge on any atom is -0.465 e. The van der Waals surface area contributed by atoms with Crippen LogP contribution in [0.1, 0.15) is 24.3 Å². The first-order chi connectivity index (χ1) is 9.70. The minimum atomic E-state index is -0.444. The molecule has 1 atom stereocenters. The van der Waals surface area contributed by atoms with E-state index in [4.69, 9.17) is 9.68 Å². The Hall–Kier alpha value is -2.87. The predicted molar refractivity (Wildman–Crippen MR) is 73.1 cm³/mol. The molecule has 0 aliphatic carbocycles. The second kappa shape index (κ2) is 6.34. The molecule has 2 aromatic heterocycles. The Morgan fingerprint density at radius 3 is 2.95 bits per heavy atom. The molecule has 5 heteroatoms. The average molecular weight is 267 g/mol. The second-order valence-electron chi connectivity index (χ2n) is 4.17. The highest BCUT2D eigenvalue weighted by Crippen LogP contribution is 2.12. The van der Waals surface area contributed by atoms with E-state index in [0.29, 0.717) is 5.76 Å². The number of hydrogen-bond acceptors (Lipinski definition) is 4. The molecule has 100 valence electrons. The van der Waals surface area contributed by atoms with E-state index in [1.807, 2.05) is 19.1 Å². The number of amides is 1. The summed E-state index contributed by atoms with van der Waals surface area (Å²) in [5.41, 5.74) is 0.867. The number of aromatic nitrogens is 1. The molecule has 1 amide bonds. The molecule has 20 heavy (non-hydrogen) atoms. The summed E-state index contributed by atoms with van der Waals surface area (Å²) in [6.07, 6.45) is 6.23. The zero-order chi connectivity index (χ0) is 14.4. The third-order valence-electron chi connectivity index (χ3n) is 2.73. The van der Waals surface area contributed by atoms with Crippen molar-refractivity contribution in [3.63, 3.8) is 0 Å². The zero-order valence-electron chi connectivity index (χ0n) is 10.9. The molecule has 2 aromatic rings. The van der Waals surface area contributed by atoms with E-state index in [9.17, 15) is 4.79 Å². The summed E-state index contributed by atoms with van der Waals surface area (Å²) < 4.78 is 5.09. The maximum absolute atomic E-state index is 12.0. The number of hydrogen-bond donors (Lipinski definition) is 1. The molecule has 0 bridgehead atoms. The van der Waals surface area contributed by atoms with Crippen molar-refractivity contribution in [3.05, 3.63) is 59.8 Å². The molecule has 5 nitrogen and oxygen atoms in total. The number of carbonyl (C=O) groups is 1. The van der Waals surface area contributed by atoms with Gasteiger partial charge in [0.05, 0.1) is 12.3 Å². The van der Waals surface area contributed by atoms with Crippen molar-refractivity contribution in [1.82, 2.24) is 10.3 Å². The monoisotopic (exact) mass is 267 g/mol. The summed E-state index contributed by atoms with van der Waals surface area (Å²) in [5.74, 6) is 0.0194. The quantitative estimate of drug-likeness (QED) is 0.681. The number of carbonyl (C=O) groups excluding carboxylic acids is 1. The van der Waals surface area contributed by atoms with Gasteiger partial charge in [-0.25, -0.2) is 0 Å². The Balaban J connectivity index is 2.09. The Labute approximate surface area is 116 Å². The first kappa shape index (κ1) is 13.6. The van der Waals surface area contributed by atoms with Gasteiger partial charge in [0.15, 0.2) is 0 Å². The second-order valence-corrected chi connectivity index (χ2v) is 4.17. The molecule has 0 spiro atoms. The van der Waals surface area contributed by atoms with Crippen LogP contribution in [0.15, 0.2) is 52.9 Å². The van der Waals surface area contributed by atoms with Crippen molar-refractivity contribution < 1.29 is 9.21 Å². The van der Waals surface area contributed by atoms with E-state index in [1.165, 1.54) is 12.3 Å². The van der Waals surface area contributed by atoms with Gasteiger partial charge in [0, 0.05) is 18.5 Å². The molecular weight excluding hydrogens is 254 g/mol. The standard InChI is InChI=1S/C15H13N3O2/c1-11(12-4-2-6-17-10-12)18-15(19)13(9-16)8-14-5-3-7-20-14/h2-8,10-11H,1H3,(H,18,19)/b13-8-/t11-/m1/s1. The number of rotatable bonds is 4. The van der Waals surface area contributed by atoms with Crippen molar-refractivity contribution in [2.24, 2.45) is 0 Å². The molecule has 0 fully saturated rings. The van der Waals surface area contributed by atoms with Gasteiger partial charge in [-0.2, -0.15) is 5.26 Å². The molecule has 0 unspecified atom stereocenters. The molecular formula is C15H13N3O2.